The van der Waals surface area contributed by atoms with Crippen LogP contribution in [0.1, 0.15) is 11.1 Å². The number of aliphatic imine (C=N–C) groups is 1. The summed E-state index contributed by atoms with van der Waals surface area (Å²) >= 11 is 12.0. The Morgan fingerprint density at radius 2 is 1.83 bits per heavy atom. The molecule has 3 N–H and O–H groups in total. The lowest BCUT2D eigenvalue weighted by atomic mass is 10.1. The Labute approximate surface area is 169 Å². The molecule has 24 heavy (non-hydrogen) atoms. The van der Waals surface area contributed by atoms with Crippen molar-refractivity contribution in [2.75, 3.05) is 19.0 Å². The summed E-state index contributed by atoms with van der Waals surface area (Å²) in [6.07, 6.45) is 0.711. The molecule has 2 rings (SSSR count). The van der Waals surface area contributed by atoms with Crippen LogP contribution in [0.2, 0.25) is 10.0 Å². The van der Waals surface area contributed by atoms with Gasteiger partial charge in [-0.15, -0.1) is 24.0 Å². The molecule has 2 aromatic carbocycles. The van der Waals surface area contributed by atoms with Crippen molar-refractivity contribution in [2.24, 2.45) is 10.7 Å². The monoisotopic (exact) mass is 479 g/mol. The second-order valence-corrected chi connectivity index (χ2v) is 5.88. The molecule has 0 saturated carbocycles. The minimum absolute atomic E-state index is 0. The number of methoxy groups -OCH3 is 1. The largest absolute Gasteiger partial charge is 0.380 e. The molecule has 0 aliphatic heterocycles. The van der Waals surface area contributed by atoms with Gasteiger partial charge in [-0.05, 0) is 36.2 Å². The highest BCUT2D eigenvalue weighted by Gasteiger charge is 2.03. The van der Waals surface area contributed by atoms with E-state index in [1.54, 1.807) is 13.2 Å². The van der Waals surface area contributed by atoms with Crippen LogP contribution in [0.3, 0.4) is 0 Å². The Morgan fingerprint density at radius 3 is 2.50 bits per heavy atom. The minimum atomic E-state index is 0. The second kappa shape index (κ2) is 10.8. The zero-order chi connectivity index (χ0) is 16.7. The smallest absolute Gasteiger partial charge is 0.193 e. The van der Waals surface area contributed by atoms with Crippen LogP contribution < -0.4 is 11.1 Å². The average Bonchev–Trinajstić information content (AvgIpc) is 2.48. The van der Waals surface area contributed by atoms with Crippen LogP contribution in [-0.2, 0) is 17.8 Å². The van der Waals surface area contributed by atoms with E-state index in [-0.39, 0.29) is 24.0 Å². The molecule has 0 atom stereocenters. The summed E-state index contributed by atoms with van der Waals surface area (Å²) in [5.74, 6) is 0.363. The predicted octanol–water partition coefficient (Wildman–Crippen LogP) is 4.73. The van der Waals surface area contributed by atoms with E-state index in [2.05, 4.69) is 10.3 Å². The average molecular weight is 480 g/mol. The summed E-state index contributed by atoms with van der Waals surface area (Å²) in [5, 5.41) is 4.34. The molecule has 0 amide bonds. The van der Waals surface area contributed by atoms with E-state index in [1.807, 2.05) is 36.4 Å². The van der Waals surface area contributed by atoms with Crippen molar-refractivity contribution in [1.82, 2.24) is 0 Å². The first-order valence-corrected chi connectivity index (χ1v) is 7.93. The molecule has 130 valence electrons. The van der Waals surface area contributed by atoms with Gasteiger partial charge in [0, 0.05) is 35.0 Å². The lowest BCUT2D eigenvalue weighted by molar-refractivity contribution is 0.185. The molecular weight excluding hydrogens is 460 g/mol. The normalized spacial score (nSPS) is 11.0. The summed E-state index contributed by atoms with van der Waals surface area (Å²) in [6, 6.07) is 13.3. The van der Waals surface area contributed by atoms with Gasteiger partial charge >= 0.3 is 0 Å². The van der Waals surface area contributed by atoms with E-state index in [1.165, 1.54) is 0 Å². The van der Waals surface area contributed by atoms with Gasteiger partial charge in [0.2, 0.25) is 0 Å². The minimum Gasteiger partial charge on any atom is -0.380 e. The van der Waals surface area contributed by atoms with Crippen molar-refractivity contribution < 1.29 is 4.74 Å². The molecule has 0 fully saturated rings. The number of hydrogen-bond acceptors (Lipinski definition) is 2. The van der Waals surface area contributed by atoms with E-state index in [9.17, 15) is 0 Å². The third kappa shape index (κ3) is 6.84. The number of benzene rings is 2. The Morgan fingerprint density at radius 1 is 1.17 bits per heavy atom. The van der Waals surface area contributed by atoms with Crippen LogP contribution >= 0.6 is 47.2 Å². The van der Waals surface area contributed by atoms with Gasteiger partial charge in [0.1, 0.15) is 0 Å². The van der Waals surface area contributed by atoms with Crippen LogP contribution in [0.4, 0.5) is 5.69 Å². The molecule has 0 aliphatic rings. The van der Waals surface area contributed by atoms with Crippen molar-refractivity contribution in [1.29, 1.82) is 0 Å². The molecule has 0 unspecified atom stereocenters. The van der Waals surface area contributed by atoms with Crippen LogP contribution in [0.25, 0.3) is 0 Å². The van der Waals surface area contributed by atoms with Crippen LogP contribution in [0.5, 0.6) is 0 Å². The molecule has 4 nitrogen and oxygen atoms in total. The number of anilines is 1. The van der Waals surface area contributed by atoms with E-state index >= 15 is 0 Å². The van der Waals surface area contributed by atoms with Gasteiger partial charge in [0.05, 0.1) is 6.61 Å². The second-order valence-electron chi connectivity index (χ2n) is 5.01. The first-order chi connectivity index (χ1) is 11.1. The SMILES string of the molecule is COCc1ccccc1NC(N)=NCCc1cc(Cl)cc(Cl)c1.I. The summed E-state index contributed by atoms with van der Waals surface area (Å²) in [5.41, 5.74) is 8.88. The number of para-hydroxylation sites is 1. The van der Waals surface area contributed by atoms with E-state index < -0.39 is 0 Å². The van der Waals surface area contributed by atoms with Crippen molar-refractivity contribution in [3.05, 3.63) is 63.6 Å². The van der Waals surface area contributed by atoms with E-state index in [4.69, 9.17) is 33.7 Å². The van der Waals surface area contributed by atoms with E-state index in [0.717, 1.165) is 16.8 Å². The number of nitrogens with zero attached hydrogens (tertiary/aromatic N) is 1. The Kier molecular flexibility index (Phi) is 9.43. The molecule has 2 aromatic rings. The molecule has 0 aromatic heterocycles. The first-order valence-electron chi connectivity index (χ1n) is 7.17. The highest BCUT2D eigenvalue weighted by Crippen LogP contribution is 2.19. The van der Waals surface area contributed by atoms with Crippen molar-refractivity contribution in [3.8, 4) is 0 Å². The number of hydrogen-bond donors (Lipinski definition) is 2. The zero-order valence-corrected chi connectivity index (χ0v) is 17.1. The van der Waals surface area contributed by atoms with Gasteiger partial charge in [-0.1, -0.05) is 41.4 Å². The Hall–Kier alpha value is -1.02. The third-order valence-electron chi connectivity index (χ3n) is 3.18. The number of guanidine groups is 1. The quantitative estimate of drug-likeness (QED) is 0.357. The first kappa shape index (κ1) is 21.0. The highest BCUT2D eigenvalue weighted by molar-refractivity contribution is 14.0. The van der Waals surface area contributed by atoms with Gasteiger partial charge in [-0.25, -0.2) is 0 Å². The van der Waals surface area contributed by atoms with Crippen molar-refractivity contribution in [3.63, 3.8) is 0 Å². The van der Waals surface area contributed by atoms with Gasteiger partial charge in [-0.3, -0.25) is 4.99 Å². The third-order valence-corrected chi connectivity index (χ3v) is 3.62. The zero-order valence-electron chi connectivity index (χ0n) is 13.3. The molecule has 0 heterocycles. The molecule has 0 bridgehead atoms. The van der Waals surface area contributed by atoms with Gasteiger partial charge < -0.3 is 15.8 Å². The number of rotatable bonds is 6. The lowest BCUT2D eigenvalue weighted by Gasteiger charge is -2.10. The maximum absolute atomic E-state index is 5.98. The molecule has 0 aliphatic carbocycles. The summed E-state index contributed by atoms with van der Waals surface area (Å²) in [7, 11) is 1.66. The molecule has 0 spiro atoms. The Balaban J connectivity index is 0.00000288. The van der Waals surface area contributed by atoms with Crippen LogP contribution in [0, 0.1) is 0 Å². The fourth-order valence-electron chi connectivity index (χ4n) is 2.16. The van der Waals surface area contributed by atoms with Crippen molar-refractivity contribution in [2.45, 2.75) is 13.0 Å². The van der Waals surface area contributed by atoms with Crippen LogP contribution in [-0.4, -0.2) is 19.6 Å². The lowest BCUT2D eigenvalue weighted by Crippen LogP contribution is -2.23. The van der Waals surface area contributed by atoms with Gasteiger partial charge in [0.25, 0.3) is 0 Å². The summed E-state index contributed by atoms with van der Waals surface area (Å²) < 4.78 is 5.17. The molecule has 0 saturated heterocycles. The topological polar surface area (TPSA) is 59.6 Å². The predicted molar refractivity (Wildman–Crippen MR) is 113 cm³/mol. The van der Waals surface area contributed by atoms with Gasteiger partial charge in [-0.2, -0.15) is 0 Å². The number of nitrogens with two attached hydrogens (primary N) is 1. The maximum atomic E-state index is 5.98. The van der Waals surface area contributed by atoms with Gasteiger partial charge in [0.15, 0.2) is 5.96 Å². The van der Waals surface area contributed by atoms with Crippen molar-refractivity contribution >= 4 is 58.8 Å². The Bertz CT molecular complexity index is 675. The summed E-state index contributed by atoms with van der Waals surface area (Å²) in [4.78, 5) is 4.33. The summed E-state index contributed by atoms with van der Waals surface area (Å²) in [6.45, 7) is 1.05. The fraction of sp³-hybridized carbons (Fsp3) is 0.235. The maximum Gasteiger partial charge on any atom is 0.193 e. The molecular formula is C17H20Cl2IN3O. The molecule has 0 radical (unpaired) electrons. The van der Waals surface area contributed by atoms with Crippen LogP contribution in [0.15, 0.2) is 47.5 Å². The molecule has 7 heteroatoms. The number of nitrogens with one attached hydrogen (secondary N) is 1. The standard InChI is InChI=1S/C17H19Cl2N3O.HI/c1-23-11-13-4-2-3-5-16(13)22-17(20)21-7-6-12-8-14(18)10-15(19)9-12;/h2-5,8-10H,6-7,11H2,1H3,(H3,20,21,22);1H. The highest BCUT2D eigenvalue weighted by atomic mass is 127. The number of ether oxygens (including phenoxy) is 1. The number of halogens is 3. The fourth-order valence-corrected chi connectivity index (χ4v) is 2.73. The van der Waals surface area contributed by atoms with E-state index in [0.29, 0.717) is 35.6 Å².